The summed E-state index contributed by atoms with van der Waals surface area (Å²) in [6, 6.07) is 5.03. The Morgan fingerprint density at radius 3 is 2.83 bits per heavy atom. The van der Waals surface area contributed by atoms with E-state index in [9.17, 15) is 14.9 Å². The normalized spacial score (nSPS) is 17.3. The van der Waals surface area contributed by atoms with Crippen LogP contribution in [0.1, 0.15) is 24.5 Å². The van der Waals surface area contributed by atoms with Crippen molar-refractivity contribution in [2.75, 3.05) is 6.54 Å². The van der Waals surface area contributed by atoms with Crippen LogP contribution >= 0.6 is 0 Å². The number of nitrogens with one attached hydrogen (secondary N) is 1. The lowest BCUT2D eigenvalue weighted by atomic mass is 10.1. The summed E-state index contributed by atoms with van der Waals surface area (Å²) in [5.74, 6) is 0.412. The molecule has 2 rings (SSSR count). The topological polar surface area (TPSA) is 72.2 Å². The van der Waals surface area contributed by atoms with Crippen molar-refractivity contribution in [1.82, 2.24) is 5.32 Å². The lowest BCUT2D eigenvalue weighted by molar-refractivity contribution is -0.384. The third-order valence-corrected chi connectivity index (χ3v) is 3.33. The van der Waals surface area contributed by atoms with E-state index in [-0.39, 0.29) is 16.5 Å². The maximum absolute atomic E-state index is 11.2. The molecule has 1 aromatic carbocycles. The van der Waals surface area contributed by atoms with E-state index >= 15 is 0 Å². The van der Waals surface area contributed by atoms with Gasteiger partial charge in [0, 0.05) is 25.1 Å². The first-order valence-electron chi connectivity index (χ1n) is 6.13. The molecule has 1 atom stereocenters. The Hall–Kier alpha value is -1.91. The predicted molar refractivity (Wildman–Crippen MR) is 67.3 cm³/mol. The van der Waals surface area contributed by atoms with Crippen molar-refractivity contribution in [3.63, 3.8) is 0 Å². The van der Waals surface area contributed by atoms with E-state index in [1.54, 1.807) is 12.1 Å². The molecule has 0 spiro atoms. The molecule has 1 N–H and O–H groups in total. The number of carbonyl (C=O) groups is 1. The number of hydrogen-bond donors (Lipinski definition) is 1. The molecule has 5 heteroatoms. The Morgan fingerprint density at radius 2 is 2.17 bits per heavy atom. The summed E-state index contributed by atoms with van der Waals surface area (Å²) < 4.78 is 0. The highest BCUT2D eigenvalue weighted by Gasteiger charge is 2.23. The van der Waals surface area contributed by atoms with E-state index in [4.69, 9.17) is 0 Å². The van der Waals surface area contributed by atoms with Gasteiger partial charge in [-0.25, -0.2) is 0 Å². The molecule has 0 bridgehead atoms. The molecule has 18 heavy (non-hydrogen) atoms. The van der Waals surface area contributed by atoms with Crippen LogP contribution in [0.4, 0.5) is 5.69 Å². The summed E-state index contributed by atoms with van der Waals surface area (Å²) >= 11 is 0. The second kappa shape index (κ2) is 5.16. The van der Waals surface area contributed by atoms with Gasteiger partial charge in [0.25, 0.3) is 5.69 Å². The molecule has 0 heterocycles. The van der Waals surface area contributed by atoms with Gasteiger partial charge in [0.1, 0.15) is 0 Å². The molecule has 96 valence electrons. The summed E-state index contributed by atoms with van der Waals surface area (Å²) in [5, 5.41) is 13.6. The van der Waals surface area contributed by atoms with Crippen molar-refractivity contribution < 1.29 is 9.72 Å². The molecular weight excluding hydrogens is 232 g/mol. The minimum atomic E-state index is -0.369. The SMILES string of the molecule is CCC(=O)NCC1Cc2ccc([N+](=O)[O-])cc2C1. The van der Waals surface area contributed by atoms with Gasteiger partial charge >= 0.3 is 0 Å². The average molecular weight is 248 g/mol. The Labute approximate surface area is 105 Å². The van der Waals surface area contributed by atoms with Crippen LogP contribution in [0.25, 0.3) is 0 Å². The number of nitrogens with zero attached hydrogens (tertiary/aromatic N) is 1. The number of rotatable bonds is 4. The largest absolute Gasteiger partial charge is 0.356 e. The summed E-state index contributed by atoms with van der Waals surface area (Å²) in [4.78, 5) is 21.5. The molecule has 1 unspecified atom stereocenters. The molecule has 5 nitrogen and oxygen atoms in total. The number of nitro groups is 1. The van der Waals surface area contributed by atoms with Gasteiger partial charge in [-0.15, -0.1) is 0 Å². The van der Waals surface area contributed by atoms with Gasteiger partial charge in [0.2, 0.25) is 5.91 Å². The molecule has 0 aliphatic heterocycles. The van der Waals surface area contributed by atoms with Gasteiger partial charge in [-0.2, -0.15) is 0 Å². The molecule has 0 radical (unpaired) electrons. The number of benzene rings is 1. The molecule has 0 saturated heterocycles. The van der Waals surface area contributed by atoms with Gasteiger partial charge in [0.05, 0.1) is 4.92 Å². The summed E-state index contributed by atoms with van der Waals surface area (Å²) in [6.07, 6.45) is 2.18. The van der Waals surface area contributed by atoms with E-state index in [1.165, 1.54) is 0 Å². The van der Waals surface area contributed by atoms with Crippen LogP contribution in [0, 0.1) is 16.0 Å². The molecule has 0 saturated carbocycles. The number of fused-ring (bicyclic) bond motifs is 1. The second-order valence-electron chi connectivity index (χ2n) is 4.64. The Balaban J connectivity index is 1.99. The van der Waals surface area contributed by atoms with Crippen LogP contribution in [0.2, 0.25) is 0 Å². The quantitative estimate of drug-likeness (QED) is 0.652. The highest BCUT2D eigenvalue weighted by Crippen LogP contribution is 2.29. The maximum Gasteiger partial charge on any atom is 0.269 e. The van der Waals surface area contributed by atoms with Crippen molar-refractivity contribution in [1.29, 1.82) is 0 Å². The number of hydrogen-bond acceptors (Lipinski definition) is 3. The smallest absolute Gasteiger partial charge is 0.269 e. The molecular formula is C13H16N2O3. The standard InChI is InChI=1S/C13H16N2O3/c1-2-13(16)14-8-9-5-10-3-4-12(15(17)18)7-11(10)6-9/h3-4,7,9H,2,5-6,8H2,1H3,(H,14,16). The van der Waals surface area contributed by atoms with Crippen LogP contribution < -0.4 is 5.32 Å². The summed E-state index contributed by atoms with van der Waals surface area (Å²) in [5.41, 5.74) is 2.35. The van der Waals surface area contributed by atoms with Crippen molar-refractivity contribution >= 4 is 11.6 Å². The fourth-order valence-corrected chi connectivity index (χ4v) is 2.34. The number of non-ortho nitro benzene ring substituents is 1. The fraction of sp³-hybridized carbons (Fsp3) is 0.462. The van der Waals surface area contributed by atoms with Crippen molar-refractivity contribution in [3.8, 4) is 0 Å². The van der Waals surface area contributed by atoms with Gasteiger partial charge in [0.15, 0.2) is 0 Å². The van der Waals surface area contributed by atoms with Crippen LogP contribution in [0.5, 0.6) is 0 Å². The lowest BCUT2D eigenvalue weighted by Crippen LogP contribution is -2.28. The van der Waals surface area contributed by atoms with Crippen molar-refractivity contribution in [2.24, 2.45) is 5.92 Å². The fourth-order valence-electron chi connectivity index (χ4n) is 2.34. The van der Waals surface area contributed by atoms with Crippen molar-refractivity contribution in [3.05, 3.63) is 39.4 Å². The first kappa shape index (κ1) is 12.5. The molecule has 1 aromatic rings. The van der Waals surface area contributed by atoms with Crippen LogP contribution in [0.3, 0.4) is 0 Å². The number of nitro benzene ring substituents is 1. The van der Waals surface area contributed by atoms with Crippen LogP contribution in [-0.2, 0) is 17.6 Å². The van der Waals surface area contributed by atoms with Crippen LogP contribution in [-0.4, -0.2) is 17.4 Å². The zero-order valence-electron chi connectivity index (χ0n) is 10.3. The molecule has 0 fully saturated rings. The minimum Gasteiger partial charge on any atom is -0.356 e. The average Bonchev–Trinajstić information content (AvgIpc) is 2.77. The monoisotopic (exact) mass is 248 g/mol. The summed E-state index contributed by atoms with van der Waals surface area (Å²) in [6.45, 7) is 2.47. The second-order valence-corrected chi connectivity index (χ2v) is 4.64. The van der Waals surface area contributed by atoms with Crippen LogP contribution in [0.15, 0.2) is 18.2 Å². The van der Waals surface area contributed by atoms with E-state index in [2.05, 4.69) is 5.32 Å². The maximum atomic E-state index is 11.2. The zero-order chi connectivity index (χ0) is 13.1. The molecule has 1 aliphatic carbocycles. The first-order valence-corrected chi connectivity index (χ1v) is 6.13. The third kappa shape index (κ3) is 2.67. The number of carbonyl (C=O) groups excluding carboxylic acids is 1. The molecule has 1 aliphatic rings. The van der Waals surface area contributed by atoms with E-state index in [1.807, 2.05) is 13.0 Å². The third-order valence-electron chi connectivity index (χ3n) is 3.33. The van der Waals surface area contributed by atoms with E-state index < -0.39 is 0 Å². The Bertz CT molecular complexity index is 485. The van der Waals surface area contributed by atoms with Gasteiger partial charge in [-0.3, -0.25) is 14.9 Å². The highest BCUT2D eigenvalue weighted by atomic mass is 16.6. The molecule has 0 aromatic heterocycles. The zero-order valence-corrected chi connectivity index (χ0v) is 10.3. The predicted octanol–water partition coefficient (Wildman–Crippen LogP) is 1.84. The highest BCUT2D eigenvalue weighted by molar-refractivity contribution is 5.75. The lowest BCUT2D eigenvalue weighted by Gasteiger charge is -2.09. The summed E-state index contributed by atoms with van der Waals surface area (Å²) in [7, 11) is 0. The number of amides is 1. The van der Waals surface area contributed by atoms with Gasteiger partial charge in [-0.05, 0) is 29.9 Å². The first-order chi connectivity index (χ1) is 8.60. The van der Waals surface area contributed by atoms with E-state index in [0.29, 0.717) is 18.9 Å². The molecule has 1 amide bonds. The Morgan fingerprint density at radius 1 is 1.44 bits per heavy atom. The van der Waals surface area contributed by atoms with Gasteiger partial charge < -0.3 is 5.32 Å². The van der Waals surface area contributed by atoms with E-state index in [0.717, 1.165) is 24.0 Å². The van der Waals surface area contributed by atoms with Crippen molar-refractivity contribution in [2.45, 2.75) is 26.2 Å². The van der Waals surface area contributed by atoms with Gasteiger partial charge in [-0.1, -0.05) is 13.0 Å². The minimum absolute atomic E-state index is 0.0527. The Kier molecular flexibility index (Phi) is 3.60.